The van der Waals surface area contributed by atoms with E-state index in [1.807, 2.05) is 11.8 Å². The maximum Gasteiger partial charge on any atom is 0.276 e. The Bertz CT molecular complexity index is 1100. The zero-order valence-electron chi connectivity index (χ0n) is 16.0. The molecule has 2 aliphatic rings. The summed E-state index contributed by atoms with van der Waals surface area (Å²) in [6.45, 7) is 6.90. The first-order chi connectivity index (χ1) is 13.6. The quantitative estimate of drug-likeness (QED) is 0.725. The van der Waals surface area contributed by atoms with Crippen molar-refractivity contribution in [1.29, 1.82) is 0 Å². The van der Waals surface area contributed by atoms with Gasteiger partial charge >= 0.3 is 0 Å². The van der Waals surface area contributed by atoms with Crippen molar-refractivity contribution in [2.45, 2.75) is 38.8 Å². The van der Waals surface area contributed by atoms with Crippen LogP contribution in [-0.4, -0.2) is 71.8 Å². The molecule has 0 radical (unpaired) electrons. The Labute approximate surface area is 161 Å². The molecule has 0 aromatic carbocycles. The van der Waals surface area contributed by atoms with Gasteiger partial charge in [-0.3, -0.25) is 19.5 Å². The van der Waals surface area contributed by atoms with Crippen LogP contribution in [-0.2, 0) is 0 Å². The molecule has 146 valence electrons. The van der Waals surface area contributed by atoms with E-state index in [0.29, 0.717) is 22.7 Å². The minimum absolute atomic E-state index is 0.0244. The molecule has 28 heavy (non-hydrogen) atoms. The molecule has 2 saturated heterocycles. The molecule has 9 nitrogen and oxygen atoms in total. The molecular formula is C19H23N7O2. The van der Waals surface area contributed by atoms with Crippen LogP contribution in [0.15, 0.2) is 29.3 Å². The first kappa shape index (κ1) is 17.2. The fourth-order valence-corrected chi connectivity index (χ4v) is 4.58. The summed E-state index contributed by atoms with van der Waals surface area (Å²) in [5.41, 5.74) is 1.47. The van der Waals surface area contributed by atoms with Gasteiger partial charge in [0.1, 0.15) is 5.52 Å². The number of carbonyl (C=O) groups excluding carboxylic acids is 1. The van der Waals surface area contributed by atoms with E-state index >= 15 is 0 Å². The van der Waals surface area contributed by atoms with E-state index in [1.165, 1.54) is 9.20 Å². The number of carbonyl (C=O) groups is 1. The molecule has 0 spiro atoms. The van der Waals surface area contributed by atoms with E-state index in [-0.39, 0.29) is 23.6 Å². The van der Waals surface area contributed by atoms with Crippen molar-refractivity contribution in [3.8, 4) is 5.95 Å². The highest BCUT2D eigenvalue weighted by Crippen LogP contribution is 2.32. The largest absolute Gasteiger partial charge is 0.330 e. The standard InChI is InChI=1S/C19H23N7O2/c1-3-23-10-13-6-7-14(11-23)25(13)18(28)15-9-20-26(12(15)2)19-21-17(27)16-5-4-8-24(16)22-19/h4-5,8-9,13-14H,3,6-7,10-11H2,1-2H3,(H,21,22,27). The second-order valence-corrected chi connectivity index (χ2v) is 7.62. The van der Waals surface area contributed by atoms with Gasteiger partial charge in [-0.05, 0) is 38.4 Å². The SMILES string of the molecule is CCN1CC2CCC(C1)N2C(=O)c1cnn(-c2nn3cccc3c(=O)[nH]2)c1C. The number of nitrogens with zero attached hydrogens (tertiary/aromatic N) is 6. The zero-order valence-corrected chi connectivity index (χ0v) is 16.0. The molecule has 3 aromatic rings. The molecule has 5 rings (SSSR count). The monoisotopic (exact) mass is 381 g/mol. The van der Waals surface area contributed by atoms with Crippen LogP contribution in [0.5, 0.6) is 0 Å². The number of nitrogens with one attached hydrogen (secondary N) is 1. The molecule has 2 bridgehead atoms. The Balaban J connectivity index is 1.48. The van der Waals surface area contributed by atoms with E-state index in [4.69, 9.17) is 0 Å². The highest BCUT2D eigenvalue weighted by Gasteiger charge is 2.43. The van der Waals surface area contributed by atoms with Crippen molar-refractivity contribution in [3.63, 3.8) is 0 Å². The number of likely N-dealkylation sites (N-methyl/N-ethyl adjacent to an activating group) is 1. The first-order valence-electron chi connectivity index (χ1n) is 9.74. The molecule has 2 unspecified atom stereocenters. The molecule has 1 N–H and O–H groups in total. The predicted molar refractivity (Wildman–Crippen MR) is 103 cm³/mol. The summed E-state index contributed by atoms with van der Waals surface area (Å²) in [4.78, 5) is 32.8. The van der Waals surface area contributed by atoms with E-state index in [9.17, 15) is 9.59 Å². The summed E-state index contributed by atoms with van der Waals surface area (Å²) in [5.74, 6) is 0.320. The lowest BCUT2D eigenvalue weighted by atomic mass is 10.1. The number of aromatic amines is 1. The average Bonchev–Trinajstić information content (AvgIpc) is 3.37. The zero-order chi connectivity index (χ0) is 19.4. The van der Waals surface area contributed by atoms with Crippen molar-refractivity contribution in [2.24, 2.45) is 0 Å². The third-order valence-electron chi connectivity index (χ3n) is 6.07. The van der Waals surface area contributed by atoms with Crippen LogP contribution in [0.3, 0.4) is 0 Å². The third kappa shape index (κ3) is 2.50. The number of rotatable bonds is 3. The van der Waals surface area contributed by atoms with Gasteiger partial charge in [0.2, 0.25) is 5.95 Å². The second-order valence-electron chi connectivity index (χ2n) is 7.62. The van der Waals surface area contributed by atoms with Crippen molar-refractivity contribution >= 4 is 11.4 Å². The maximum atomic E-state index is 13.3. The van der Waals surface area contributed by atoms with Crippen LogP contribution in [0.4, 0.5) is 0 Å². The minimum atomic E-state index is -0.244. The lowest BCUT2D eigenvalue weighted by molar-refractivity contribution is 0.0432. The van der Waals surface area contributed by atoms with E-state index in [1.54, 1.807) is 24.5 Å². The van der Waals surface area contributed by atoms with Crippen molar-refractivity contribution in [2.75, 3.05) is 19.6 Å². The number of aromatic nitrogens is 5. The molecule has 2 fully saturated rings. The maximum absolute atomic E-state index is 13.3. The first-order valence-corrected chi connectivity index (χ1v) is 9.74. The van der Waals surface area contributed by atoms with Crippen LogP contribution < -0.4 is 5.56 Å². The summed E-state index contributed by atoms with van der Waals surface area (Å²) in [6.07, 6.45) is 5.41. The highest BCUT2D eigenvalue weighted by molar-refractivity contribution is 5.96. The number of likely N-dealkylation sites (tertiary alicyclic amines) is 1. The van der Waals surface area contributed by atoms with Crippen LogP contribution in [0.2, 0.25) is 0 Å². The number of H-pyrrole nitrogens is 1. The van der Waals surface area contributed by atoms with E-state index in [2.05, 4.69) is 27.0 Å². The van der Waals surface area contributed by atoms with Gasteiger partial charge in [0, 0.05) is 31.4 Å². The van der Waals surface area contributed by atoms with Crippen LogP contribution in [0.25, 0.3) is 11.5 Å². The second kappa shape index (κ2) is 6.30. The topological polar surface area (TPSA) is 91.5 Å². The number of fused-ring (bicyclic) bond motifs is 3. The Morgan fingerprint density at radius 1 is 1.29 bits per heavy atom. The van der Waals surface area contributed by atoms with E-state index in [0.717, 1.165) is 32.5 Å². The van der Waals surface area contributed by atoms with Gasteiger partial charge in [0.05, 0.1) is 17.5 Å². The number of hydrogen-bond acceptors (Lipinski definition) is 5. The van der Waals surface area contributed by atoms with Crippen LogP contribution >= 0.6 is 0 Å². The Kier molecular flexibility index (Phi) is 3.87. The molecule has 0 aliphatic carbocycles. The fourth-order valence-electron chi connectivity index (χ4n) is 4.58. The van der Waals surface area contributed by atoms with Crippen molar-refractivity contribution < 1.29 is 4.79 Å². The average molecular weight is 381 g/mol. The summed E-state index contributed by atoms with van der Waals surface area (Å²) < 4.78 is 3.04. The molecule has 0 saturated carbocycles. The normalized spacial score (nSPS) is 22.3. The van der Waals surface area contributed by atoms with Gasteiger partial charge < -0.3 is 4.90 Å². The van der Waals surface area contributed by atoms with Gasteiger partial charge in [0.15, 0.2) is 0 Å². The van der Waals surface area contributed by atoms with E-state index < -0.39 is 0 Å². The fraction of sp³-hybridized carbons (Fsp3) is 0.474. The summed E-state index contributed by atoms with van der Waals surface area (Å²) in [5, 5.41) is 8.75. The van der Waals surface area contributed by atoms with Crippen molar-refractivity contribution in [1.82, 2.24) is 34.2 Å². The Hall–Kier alpha value is -2.94. The summed E-state index contributed by atoms with van der Waals surface area (Å²) in [6, 6.07) is 4.00. The van der Waals surface area contributed by atoms with Gasteiger partial charge in [-0.25, -0.2) is 9.20 Å². The minimum Gasteiger partial charge on any atom is -0.330 e. The predicted octanol–water partition coefficient (Wildman–Crippen LogP) is 0.825. The molecule has 2 aliphatic heterocycles. The smallest absolute Gasteiger partial charge is 0.276 e. The Morgan fingerprint density at radius 2 is 2.04 bits per heavy atom. The lowest BCUT2D eigenvalue weighted by Gasteiger charge is -2.40. The van der Waals surface area contributed by atoms with Gasteiger partial charge in [0.25, 0.3) is 11.5 Å². The molecular weight excluding hydrogens is 358 g/mol. The number of hydrogen-bond donors (Lipinski definition) is 1. The Morgan fingerprint density at radius 3 is 2.75 bits per heavy atom. The molecule has 5 heterocycles. The molecule has 2 atom stereocenters. The third-order valence-corrected chi connectivity index (χ3v) is 6.07. The number of piperazine rings is 1. The van der Waals surface area contributed by atoms with Crippen LogP contribution in [0, 0.1) is 6.92 Å². The van der Waals surface area contributed by atoms with Gasteiger partial charge in [-0.2, -0.15) is 5.10 Å². The molecule has 9 heteroatoms. The van der Waals surface area contributed by atoms with Gasteiger partial charge in [-0.15, -0.1) is 5.10 Å². The highest BCUT2D eigenvalue weighted by atomic mass is 16.2. The molecule has 3 aromatic heterocycles. The molecule has 1 amide bonds. The van der Waals surface area contributed by atoms with Crippen LogP contribution in [0.1, 0.15) is 35.8 Å². The summed E-state index contributed by atoms with van der Waals surface area (Å²) in [7, 11) is 0. The van der Waals surface area contributed by atoms with Crippen molar-refractivity contribution in [3.05, 3.63) is 46.1 Å². The number of amides is 1. The lowest BCUT2D eigenvalue weighted by Crippen LogP contribution is -2.55. The summed E-state index contributed by atoms with van der Waals surface area (Å²) >= 11 is 0. The van der Waals surface area contributed by atoms with Gasteiger partial charge in [-0.1, -0.05) is 6.92 Å².